The monoisotopic (exact) mass is 251 g/mol. The summed E-state index contributed by atoms with van der Waals surface area (Å²) in [6.07, 6.45) is 2.83. The van der Waals surface area contributed by atoms with Gasteiger partial charge in [0.2, 0.25) is 0 Å². The molecular formula is C13H15F2N3. The van der Waals surface area contributed by atoms with Crippen molar-refractivity contribution in [3.05, 3.63) is 30.1 Å². The molecule has 96 valence electrons. The van der Waals surface area contributed by atoms with Crippen LogP contribution >= 0.6 is 0 Å². The summed E-state index contributed by atoms with van der Waals surface area (Å²) in [4.78, 5) is 8.35. The molecule has 2 atom stereocenters. The van der Waals surface area contributed by atoms with Gasteiger partial charge >= 0.3 is 0 Å². The van der Waals surface area contributed by atoms with Crippen LogP contribution in [0.2, 0.25) is 0 Å². The number of amidine groups is 1. The molecule has 0 saturated heterocycles. The minimum atomic E-state index is -1.79. The van der Waals surface area contributed by atoms with Gasteiger partial charge in [-0.1, -0.05) is 6.07 Å². The first-order chi connectivity index (χ1) is 8.52. The number of aromatic nitrogens is 1. The molecular weight excluding hydrogens is 236 g/mol. The summed E-state index contributed by atoms with van der Waals surface area (Å²) in [5, 5.41) is 2.15. The molecule has 2 aliphatic rings. The summed E-state index contributed by atoms with van der Waals surface area (Å²) >= 11 is 0. The third kappa shape index (κ3) is 1.87. The van der Waals surface area contributed by atoms with Gasteiger partial charge in [0.25, 0.3) is 6.09 Å². The molecule has 1 fully saturated rings. The summed E-state index contributed by atoms with van der Waals surface area (Å²) in [7, 11) is 0. The van der Waals surface area contributed by atoms with Crippen molar-refractivity contribution in [1.82, 2.24) is 10.3 Å². The van der Waals surface area contributed by atoms with Crippen LogP contribution in [0.5, 0.6) is 0 Å². The molecule has 3 rings (SSSR count). The lowest BCUT2D eigenvalue weighted by Crippen LogP contribution is -2.52. The van der Waals surface area contributed by atoms with Crippen molar-refractivity contribution in [1.29, 1.82) is 0 Å². The standard InChI is InChI=1S/C13H15F2N3/c1-12(15)8-13(9-5-6-9,18-11(14)17-12)10-4-2-3-7-16-10/h2-4,7,9H,5-6,8H2,1H3,(H,17,18). The van der Waals surface area contributed by atoms with Crippen LogP contribution in [-0.2, 0) is 5.54 Å². The topological polar surface area (TPSA) is 37.3 Å². The number of aliphatic imine (C=N–C) groups is 1. The van der Waals surface area contributed by atoms with E-state index in [2.05, 4.69) is 15.3 Å². The van der Waals surface area contributed by atoms with Gasteiger partial charge in [-0.25, -0.2) is 9.38 Å². The summed E-state index contributed by atoms with van der Waals surface area (Å²) in [5.41, 5.74) is -0.187. The molecule has 5 heteroatoms. The molecule has 2 heterocycles. The zero-order chi connectivity index (χ0) is 12.8. The quantitative estimate of drug-likeness (QED) is 0.820. The van der Waals surface area contributed by atoms with Crippen molar-refractivity contribution in [2.75, 3.05) is 0 Å². The van der Waals surface area contributed by atoms with E-state index in [1.165, 1.54) is 6.92 Å². The number of alkyl halides is 1. The van der Waals surface area contributed by atoms with E-state index in [0.717, 1.165) is 12.8 Å². The Balaban J connectivity index is 2.10. The average molecular weight is 251 g/mol. The van der Waals surface area contributed by atoms with Gasteiger partial charge in [-0.15, -0.1) is 0 Å². The van der Waals surface area contributed by atoms with E-state index >= 15 is 0 Å². The summed E-state index contributed by atoms with van der Waals surface area (Å²) in [6, 6.07) is 5.42. The second-order valence-electron chi connectivity index (χ2n) is 5.32. The Kier molecular flexibility index (Phi) is 2.40. The minimum absolute atomic E-state index is 0.120. The van der Waals surface area contributed by atoms with Gasteiger partial charge in [0, 0.05) is 12.6 Å². The number of halogens is 2. The predicted octanol–water partition coefficient (Wildman–Crippen LogP) is 2.69. The summed E-state index contributed by atoms with van der Waals surface area (Å²) in [5.74, 6) is -1.60. The lowest BCUT2D eigenvalue weighted by atomic mass is 9.81. The van der Waals surface area contributed by atoms with Gasteiger partial charge in [0.15, 0.2) is 5.79 Å². The van der Waals surface area contributed by atoms with Crippen LogP contribution in [0, 0.1) is 5.92 Å². The Bertz CT molecular complexity index is 482. The van der Waals surface area contributed by atoms with Crippen molar-refractivity contribution in [2.24, 2.45) is 10.9 Å². The molecule has 0 aromatic carbocycles. The molecule has 0 radical (unpaired) electrons. The third-order valence-electron chi connectivity index (χ3n) is 3.62. The van der Waals surface area contributed by atoms with Crippen molar-refractivity contribution in [2.45, 2.75) is 37.5 Å². The molecule has 1 aromatic rings. The van der Waals surface area contributed by atoms with E-state index in [1.54, 1.807) is 18.3 Å². The molecule has 18 heavy (non-hydrogen) atoms. The first-order valence-electron chi connectivity index (χ1n) is 6.16. The van der Waals surface area contributed by atoms with E-state index in [1.807, 2.05) is 6.07 Å². The van der Waals surface area contributed by atoms with E-state index in [-0.39, 0.29) is 12.3 Å². The third-order valence-corrected chi connectivity index (χ3v) is 3.62. The van der Waals surface area contributed by atoms with E-state index < -0.39 is 17.4 Å². The Morgan fingerprint density at radius 1 is 1.39 bits per heavy atom. The van der Waals surface area contributed by atoms with Gasteiger partial charge in [-0.2, -0.15) is 4.39 Å². The van der Waals surface area contributed by atoms with Crippen LogP contribution in [0.15, 0.2) is 29.4 Å². The van der Waals surface area contributed by atoms with Gasteiger partial charge in [-0.3, -0.25) is 4.98 Å². The maximum Gasteiger partial charge on any atom is 0.281 e. The lowest BCUT2D eigenvalue weighted by Gasteiger charge is -2.39. The number of pyridine rings is 1. The fraction of sp³-hybridized carbons (Fsp3) is 0.538. The molecule has 1 aliphatic heterocycles. The molecule has 1 aromatic heterocycles. The fourth-order valence-electron chi connectivity index (χ4n) is 2.78. The highest BCUT2D eigenvalue weighted by Gasteiger charge is 2.54. The number of hydrogen-bond donors (Lipinski definition) is 1. The van der Waals surface area contributed by atoms with Crippen LogP contribution in [0.4, 0.5) is 8.78 Å². The molecule has 2 unspecified atom stereocenters. The minimum Gasteiger partial charge on any atom is -0.314 e. The molecule has 0 amide bonds. The van der Waals surface area contributed by atoms with E-state index in [9.17, 15) is 8.78 Å². The average Bonchev–Trinajstić information content (AvgIpc) is 3.11. The number of nitrogens with zero attached hydrogens (tertiary/aromatic N) is 2. The van der Waals surface area contributed by atoms with E-state index in [0.29, 0.717) is 5.69 Å². The first kappa shape index (κ1) is 11.6. The maximum absolute atomic E-state index is 14.2. The molecule has 1 N–H and O–H groups in total. The highest BCUT2D eigenvalue weighted by atomic mass is 19.2. The fourth-order valence-corrected chi connectivity index (χ4v) is 2.78. The molecule has 3 nitrogen and oxygen atoms in total. The predicted molar refractivity (Wildman–Crippen MR) is 64.4 cm³/mol. The molecule has 1 saturated carbocycles. The first-order valence-corrected chi connectivity index (χ1v) is 6.16. The lowest BCUT2D eigenvalue weighted by molar-refractivity contribution is 0.0853. The normalized spacial score (nSPS) is 35.8. The van der Waals surface area contributed by atoms with Gasteiger partial charge in [-0.05, 0) is 37.8 Å². The zero-order valence-corrected chi connectivity index (χ0v) is 10.2. The molecule has 0 bridgehead atoms. The Morgan fingerprint density at radius 3 is 2.72 bits per heavy atom. The second kappa shape index (κ2) is 3.73. The Hall–Kier alpha value is -1.52. The number of hydrogen-bond acceptors (Lipinski definition) is 3. The van der Waals surface area contributed by atoms with Crippen LogP contribution < -0.4 is 5.32 Å². The highest BCUT2D eigenvalue weighted by molar-refractivity contribution is 5.74. The Labute approximate surface area is 104 Å². The Morgan fingerprint density at radius 2 is 2.17 bits per heavy atom. The van der Waals surface area contributed by atoms with Crippen molar-refractivity contribution in [3.63, 3.8) is 0 Å². The smallest absolute Gasteiger partial charge is 0.281 e. The largest absolute Gasteiger partial charge is 0.314 e. The van der Waals surface area contributed by atoms with E-state index in [4.69, 9.17) is 0 Å². The molecule has 1 aliphatic carbocycles. The van der Waals surface area contributed by atoms with Gasteiger partial charge < -0.3 is 5.32 Å². The van der Waals surface area contributed by atoms with Crippen LogP contribution in [0.1, 0.15) is 31.9 Å². The number of nitrogens with one attached hydrogen (secondary N) is 1. The van der Waals surface area contributed by atoms with Crippen LogP contribution in [-0.4, -0.2) is 16.9 Å². The highest BCUT2D eigenvalue weighted by Crippen LogP contribution is 2.53. The van der Waals surface area contributed by atoms with Gasteiger partial charge in [0.05, 0.1) is 5.69 Å². The van der Waals surface area contributed by atoms with Crippen LogP contribution in [0.25, 0.3) is 0 Å². The SMILES string of the molecule is CC1(F)CC(c2ccccn2)(C2CC2)N=C(F)N1. The zero-order valence-electron chi connectivity index (χ0n) is 10.2. The molecule has 0 spiro atoms. The van der Waals surface area contributed by atoms with Crippen LogP contribution in [0.3, 0.4) is 0 Å². The maximum atomic E-state index is 14.2. The second-order valence-corrected chi connectivity index (χ2v) is 5.32. The van der Waals surface area contributed by atoms with Crippen molar-refractivity contribution < 1.29 is 8.78 Å². The van der Waals surface area contributed by atoms with Crippen molar-refractivity contribution in [3.8, 4) is 0 Å². The van der Waals surface area contributed by atoms with Gasteiger partial charge in [0.1, 0.15) is 5.54 Å². The summed E-state index contributed by atoms with van der Waals surface area (Å²) < 4.78 is 27.8. The summed E-state index contributed by atoms with van der Waals surface area (Å²) in [6.45, 7) is 1.35. The van der Waals surface area contributed by atoms with Crippen molar-refractivity contribution >= 4 is 6.09 Å². The number of rotatable bonds is 2.